The van der Waals surface area contributed by atoms with Crippen LogP contribution in [-0.2, 0) is 4.74 Å². The molecule has 1 aromatic heterocycles. The number of halogens is 1. The quantitative estimate of drug-likeness (QED) is 0.463. The van der Waals surface area contributed by atoms with Crippen LogP contribution >= 0.6 is 27.7 Å². The molecule has 7 heteroatoms. The van der Waals surface area contributed by atoms with Gasteiger partial charge in [0.2, 0.25) is 0 Å². The molecule has 0 aliphatic rings. The van der Waals surface area contributed by atoms with E-state index in [0.717, 1.165) is 5.03 Å². The molecule has 19 heavy (non-hydrogen) atoms. The molecule has 0 fully saturated rings. The number of nitrogens with zero attached hydrogens (tertiary/aromatic N) is 1. The lowest BCUT2D eigenvalue weighted by Gasteiger charge is -2.25. The maximum atomic E-state index is 9.30. The summed E-state index contributed by atoms with van der Waals surface area (Å²) in [7, 11) is 1.54. The molecular formula is C12H18BrNO4S. The molecule has 1 N–H and O–H groups in total. The molecule has 0 aliphatic heterocycles. The van der Waals surface area contributed by atoms with Crippen LogP contribution in [0.25, 0.3) is 0 Å². The standard InChI is InChI=1S/C12H18BrNO4S/c1-12(2,6-15)18-8-5-9(19-4)14-11(13)10(8)17-7-16-3/h5,15H,6-7H2,1-4H3. The molecule has 0 aromatic carbocycles. The van der Waals surface area contributed by atoms with Crippen molar-refractivity contribution in [1.29, 1.82) is 0 Å². The van der Waals surface area contributed by atoms with Gasteiger partial charge in [-0.3, -0.25) is 0 Å². The molecule has 0 amide bonds. The van der Waals surface area contributed by atoms with E-state index in [0.29, 0.717) is 16.1 Å². The second-order valence-electron chi connectivity index (χ2n) is 4.35. The molecule has 0 radical (unpaired) electrons. The largest absolute Gasteiger partial charge is 0.481 e. The zero-order valence-corrected chi connectivity index (χ0v) is 13.8. The van der Waals surface area contributed by atoms with Crippen LogP contribution in [0.4, 0.5) is 0 Å². The predicted octanol–water partition coefficient (Wildman–Crippen LogP) is 2.70. The fraction of sp³-hybridized carbons (Fsp3) is 0.583. The molecule has 0 saturated heterocycles. The Bertz CT molecular complexity index is 428. The van der Waals surface area contributed by atoms with Crippen molar-refractivity contribution < 1.29 is 19.3 Å². The molecule has 5 nitrogen and oxygen atoms in total. The van der Waals surface area contributed by atoms with E-state index >= 15 is 0 Å². The summed E-state index contributed by atoms with van der Waals surface area (Å²) in [5, 5.41) is 10.1. The zero-order valence-electron chi connectivity index (χ0n) is 11.4. The number of rotatable bonds is 7. The van der Waals surface area contributed by atoms with Crippen LogP contribution in [0.15, 0.2) is 15.7 Å². The van der Waals surface area contributed by atoms with Crippen LogP contribution in [0.5, 0.6) is 11.5 Å². The van der Waals surface area contributed by atoms with Gasteiger partial charge in [-0.1, -0.05) is 0 Å². The van der Waals surface area contributed by atoms with Crippen LogP contribution in [0.2, 0.25) is 0 Å². The lowest BCUT2D eigenvalue weighted by atomic mass is 10.1. The van der Waals surface area contributed by atoms with Crippen molar-refractivity contribution in [3.63, 3.8) is 0 Å². The van der Waals surface area contributed by atoms with Gasteiger partial charge < -0.3 is 19.3 Å². The Morgan fingerprint density at radius 2 is 2.16 bits per heavy atom. The third-order valence-electron chi connectivity index (χ3n) is 2.17. The summed E-state index contributed by atoms with van der Waals surface area (Å²) in [6, 6.07) is 1.78. The van der Waals surface area contributed by atoms with Gasteiger partial charge in [-0.25, -0.2) is 4.98 Å². The van der Waals surface area contributed by atoms with E-state index in [1.165, 1.54) is 18.9 Å². The third kappa shape index (κ3) is 4.83. The molecule has 0 spiro atoms. The summed E-state index contributed by atoms with van der Waals surface area (Å²) in [4.78, 5) is 4.32. The molecule has 108 valence electrons. The van der Waals surface area contributed by atoms with E-state index in [-0.39, 0.29) is 13.4 Å². The average molecular weight is 352 g/mol. The normalized spacial score (nSPS) is 11.5. The highest BCUT2D eigenvalue weighted by atomic mass is 79.9. The van der Waals surface area contributed by atoms with Crippen molar-refractivity contribution in [1.82, 2.24) is 4.98 Å². The number of hydrogen-bond acceptors (Lipinski definition) is 6. The Morgan fingerprint density at radius 3 is 2.68 bits per heavy atom. The van der Waals surface area contributed by atoms with Crippen LogP contribution in [0.1, 0.15) is 13.8 Å². The Kier molecular flexibility index (Phi) is 6.38. The Labute approximate surface area is 125 Å². The SMILES string of the molecule is COCOc1c(OC(C)(C)CO)cc(SC)nc1Br. The Hall–Kier alpha value is -0.500. The van der Waals surface area contributed by atoms with Gasteiger partial charge in [0.05, 0.1) is 6.61 Å². The Morgan fingerprint density at radius 1 is 1.47 bits per heavy atom. The fourth-order valence-electron chi connectivity index (χ4n) is 1.22. The van der Waals surface area contributed by atoms with Gasteiger partial charge in [0.15, 0.2) is 22.9 Å². The van der Waals surface area contributed by atoms with Crippen LogP contribution in [0.3, 0.4) is 0 Å². The summed E-state index contributed by atoms with van der Waals surface area (Å²) < 4.78 is 16.7. The van der Waals surface area contributed by atoms with E-state index in [2.05, 4.69) is 20.9 Å². The fourth-order valence-corrected chi connectivity index (χ4v) is 2.24. The van der Waals surface area contributed by atoms with Crippen LogP contribution in [-0.4, -0.2) is 42.5 Å². The number of ether oxygens (including phenoxy) is 3. The maximum absolute atomic E-state index is 9.30. The van der Waals surface area contributed by atoms with Crippen molar-refractivity contribution in [3.8, 4) is 11.5 Å². The molecule has 0 aliphatic carbocycles. The average Bonchev–Trinajstić information content (AvgIpc) is 2.37. The number of thioether (sulfide) groups is 1. The summed E-state index contributed by atoms with van der Waals surface area (Å²) in [6.45, 7) is 3.57. The van der Waals surface area contributed by atoms with Gasteiger partial charge >= 0.3 is 0 Å². The van der Waals surface area contributed by atoms with Crippen molar-refractivity contribution >= 4 is 27.7 Å². The maximum Gasteiger partial charge on any atom is 0.197 e. The highest BCUT2D eigenvalue weighted by molar-refractivity contribution is 9.10. The molecule has 1 rings (SSSR count). The summed E-state index contributed by atoms with van der Waals surface area (Å²) in [6.07, 6.45) is 1.92. The van der Waals surface area contributed by atoms with Gasteiger partial charge in [-0.2, -0.15) is 0 Å². The second kappa shape index (κ2) is 7.33. The third-order valence-corrected chi connectivity index (χ3v) is 3.34. The lowest BCUT2D eigenvalue weighted by molar-refractivity contribution is 0.0240. The van der Waals surface area contributed by atoms with Gasteiger partial charge in [0.25, 0.3) is 0 Å². The topological polar surface area (TPSA) is 60.8 Å². The number of aliphatic hydroxyl groups excluding tert-OH is 1. The second-order valence-corrected chi connectivity index (χ2v) is 5.93. The number of methoxy groups -OCH3 is 1. The minimum absolute atomic E-state index is 0.0921. The van der Waals surface area contributed by atoms with Crippen molar-refractivity contribution in [3.05, 3.63) is 10.7 Å². The predicted molar refractivity (Wildman–Crippen MR) is 78.0 cm³/mol. The van der Waals surface area contributed by atoms with Crippen molar-refractivity contribution in [2.24, 2.45) is 0 Å². The first kappa shape index (κ1) is 16.6. The minimum atomic E-state index is -0.707. The molecule has 0 saturated carbocycles. The van der Waals surface area contributed by atoms with Crippen molar-refractivity contribution in [2.75, 3.05) is 26.8 Å². The lowest BCUT2D eigenvalue weighted by Crippen LogP contribution is -2.32. The van der Waals surface area contributed by atoms with Crippen molar-refractivity contribution in [2.45, 2.75) is 24.5 Å². The number of aliphatic hydroxyl groups is 1. The highest BCUT2D eigenvalue weighted by Crippen LogP contribution is 2.38. The van der Waals surface area contributed by atoms with E-state index in [4.69, 9.17) is 14.2 Å². The first-order valence-corrected chi connectivity index (χ1v) is 7.61. The smallest absolute Gasteiger partial charge is 0.197 e. The summed E-state index contributed by atoms with van der Waals surface area (Å²) in [5.41, 5.74) is -0.707. The molecule has 0 atom stereocenters. The van der Waals surface area contributed by atoms with E-state index in [1.807, 2.05) is 6.26 Å². The highest BCUT2D eigenvalue weighted by Gasteiger charge is 2.23. The zero-order chi connectivity index (χ0) is 14.5. The number of pyridine rings is 1. The molecule has 1 heterocycles. The van der Waals surface area contributed by atoms with E-state index in [1.54, 1.807) is 19.9 Å². The summed E-state index contributed by atoms with van der Waals surface area (Å²) in [5.74, 6) is 0.975. The van der Waals surface area contributed by atoms with Gasteiger partial charge in [-0.15, -0.1) is 11.8 Å². The van der Waals surface area contributed by atoms with Gasteiger partial charge in [0.1, 0.15) is 10.6 Å². The molecule has 0 bridgehead atoms. The molecule has 1 aromatic rings. The summed E-state index contributed by atoms with van der Waals surface area (Å²) >= 11 is 4.84. The van der Waals surface area contributed by atoms with Gasteiger partial charge in [0, 0.05) is 13.2 Å². The monoisotopic (exact) mass is 351 g/mol. The van der Waals surface area contributed by atoms with E-state index in [9.17, 15) is 5.11 Å². The van der Waals surface area contributed by atoms with E-state index < -0.39 is 5.60 Å². The minimum Gasteiger partial charge on any atom is -0.481 e. The number of aromatic nitrogens is 1. The van der Waals surface area contributed by atoms with Gasteiger partial charge in [-0.05, 0) is 36.0 Å². The molecule has 0 unspecified atom stereocenters. The number of hydrogen-bond donors (Lipinski definition) is 1. The van der Waals surface area contributed by atoms with Crippen LogP contribution in [0, 0.1) is 0 Å². The Balaban J connectivity index is 3.12. The molecular weight excluding hydrogens is 334 g/mol. The first-order valence-electron chi connectivity index (χ1n) is 5.59. The first-order chi connectivity index (χ1) is 8.93. The van der Waals surface area contributed by atoms with Crippen LogP contribution < -0.4 is 9.47 Å².